The average Bonchev–Trinajstić information content (AvgIpc) is 2.49. The number of nitrogens with two attached hydrogens (primary N) is 1. The monoisotopic (exact) mass is 314 g/mol. The molecule has 3 saturated carbocycles. The molecular formula is C17H31ClN2O. The van der Waals surface area contributed by atoms with Crippen molar-refractivity contribution in [3.8, 4) is 0 Å². The number of nitrogens with one attached hydrogen (secondary N) is 1. The summed E-state index contributed by atoms with van der Waals surface area (Å²) in [4.78, 5) is 12.5. The quantitative estimate of drug-likeness (QED) is 0.820. The van der Waals surface area contributed by atoms with E-state index in [0.717, 1.165) is 50.4 Å². The number of halogens is 1. The summed E-state index contributed by atoms with van der Waals surface area (Å²) in [7, 11) is 0. The van der Waals surface area contributed by atoms with Crippen LogP contribution < -0.4 is 11.1 Å². The zero-order valence-electron chi connectivity index (χ0n) is 13.1. The van der Waals surface area contributed by atoms with Gasteiger partial charge in [0, 0.05) is 18.0 Å². The second-order valence-corrected chi connectivity index (χ2v) is 7.43. The van der Waals surface area contributed by atoms with Crippen molar-refractivity contribution in [3.05, 3.63) is 0 Å². The number of amides is 1. The molecule has 21 heavy (non-hydrogen) atoms. The third-order valence-electron chi connectivity index (χ3n) is 6.03. The van der Waals surface area contributed by atoms with Crippen molar-refractivity contribution < 1.29 is 4.79 Å². The standard InChI is InChI=1S/C17H30N2O.ClH/c18-15-7-9-16(10-8-15)19-17(20)14-6-5-12-3-1-2-4-13(12)11-14;/h12-16H,1-11,18H2,(H,19,20);1H. The molecule has 0 radical (unpaired) electrons. The van der Waals surface area contributed by atoms with Crippen LogP contribution in [0.4, 0.5) is 0 Å². The van der Waals surface area contributed by atoms with Crippen molar-refractivity contribution in [3.63, 3.8) is 0 Å². The summed E-state index contributed by atoms with van der Waals surface area (Å²) in [5.74, 6) is 2.41. The van der Waals surface area contributed by atoms with Crippen molar-refractivity contribution in [2.45, 2.75) is 82.7 Å². The molecule has 3 aliphatic rings. The van der Waals surface area contributed by atoms with Gasteiger partial charge in [0.15, 0.2) is 0 Å². The Morgan fingerprint density at radius 1 is 0.857 bits per heavy atom. The Hall–Kier alpha value is -0.280. The smallest absolute Gasteiger partial charge is 0.223 e. The van der Waals surface area contributed by atoms with E-state index < -0.39 is 0 Å². The van der Waals surface area contributed by atoms with E-state index in [1.807, 2.05) is 0 Å². The number of fused-ring (bicyclic) bond motifs is 1. The Balaban J connectivity index is 0.00000161. The van der Waals surface area contributed by atoms with E-state index in [1.165, 1.54) is 32.1 Å². The maximum atomic E-state index is 12.5. The van der Waals surface area contributed by atoms with Gasteiger partial charge in [0.2, 0.25) is 5.91 Å². The van der Waals surface area contributed by atoms with E-state index in [0.29, 0.717) is 23.9 Å². The van der Waals surface area contributed by atoms with Gasteiger partial charge in [0.1, 0.15) is 0 Å². The molecule has 0 aromatic heterocycles. The molecule has 3 atom stereocenters. The van der Waals surface area contributed by atoms with Crippen LogP contribution in [-0.2, 0) is 4.79 Å². The average molecular weight is 315 g/mol. The molecule has 3 unspecified atom stereocenters. The van der Waals surface area contributed by atoms with Crippen LogP contribution in [0.1, 0.15) is 70.6 Å². The van der Waals surface area contributed by atoms with Gasteiger partial charge >= 0.3 is 0 Å². The fourth-order valence-corrected chi connectivity index (χ4v) is 4.69. The molecule has 3 aliphatic carbocycles. The van der Waals surface area contributed by atoms with E-state index >= 15 is 0 Å². The van der Waals surface area contributed by atoms with Gasteiger partial charge < -0.3 is 11.1 Å². The SMILES string of the molecule is Cl.NC1CCC(NC(=O)C2CCC3CCCCC3C2)CC1. The molecule has 3 fully saturated rings. The number of hydrogen-bond acceptors (Lipinski definition) is 2. The predicted octanol–water partition coefficient (Wildman–Crippen LogP) is 3.40. The zero-order chi connectivity index (χ0) is 13.9. The van der Waals surface area contributed by atoms with Crippen LogP contribution in [0, 0.1) is 17.8 Å². The van der Waals surface area contributed by atoms with Gasteiger partial charge in [0.05, 0.1) is 0 Å². The van der Waals surface area contributed by atoms with Crippen molar-refractivity contribution in [1.82, 2.24) is 5.32 Å². The van der Waals surface area contributed by atoms with Gasteiger partial charge in [-0.05, 0) is 56.8 Å². The molecule has 0 heterocycles. The summed E-state index contributed by atoms with van der Waals surface area (Å²) in [5, 5.41) is 3.31. The Kier molecular flexibility index (Phi) is 6.36. The van der Waals surface area contributed by atoms with Crippen molar-refractivity contribution >= 4 is 18.3 Å². The molecule has 0 aliphatic heterocycles. The maximum absolute atomic E-state index is 12.5. The highest BCUT2D eigenvalue weighted by Crippen LogP contribution is 2.42. The summed E-state index contributed by atoms with van der Waals surface area (Å²) in [6.45, 7) is 0. The summed E-state index contributed by atoms with van der Waals surface area (Å²) in [6, 6.07) is 0.757. The molecule has 3 N–H and O–H groups in total. The van der Waals surface area contributed by atoms with E-state index in [1.54, 1.807) is 0 Å². The lowest BCUT2D eigenvalue weighted by Gasteiger charge is -2.39. The van der Waals surface area contributed by atoms with Crippen LogP contribution in [0.5, 0.6) is 0 Å². The molecular weight excluding hydrogens is 284 g/mol. The van der Waals surface area contributed by atoms with Gasteiger partial charge in [-0.2, -0.15) is 0 Å². The molecule has 0 aromatic carbocycles. The highest BCUT2D eigenvalue weighted by atomic mass is 35.5. The van der Waals surface area contributed by atoms with Gasteiger partial charge in [-0.15, -0.1) is 12.4 Å². The number of rotatable bonds is 2. The minimum Gasteiger partial charge on any atom is -0.353 e. The van der Waals surface area contributed by atoms with Gasteiger partial charge in [-0.1, -0.05) is 25.7 Å². The van der Waals surface area contributed by atoms with E-state index in [-0.39, 0.29) is 12.4 Å². The molecule has 0 spiro atoms. The maximum Gasteiger partial charge on any atom is 0.223 e. The fraction of sp³-hybridized carbons (Fsp3) is 0.941. The molecule has 0 saturated heterocycles. The third kappa shape index (κ3) is 4.35. The molecule has 1 amide bonds. The topological polar surface area (TPSA) is 55.1 Å². The molecule has 122 valence electrons. The Morgan fingerprint density at radius 2 is 1.52 bits per heavy atom. The molecule has 3 nitrogen and oxygen atoms in total. The second kappa shape index (κ2) is 7.82. The van der Waals surface area contributed by atoms with Crippen LogP contribution in [-0.4, -0.2) is 18.0 Å². The lowest BCUT2D eigenvalue weighted by molar-refractivity contribution is -0.128. The highest BCUT2D eigenvalue weighted by molar-refractivity contribution is 5.85. The lowest BCUT2D eigenvalue weighted by atomic mass is 9.67. The predicted molar refractivity (Wildman–Crippen MR) is 88.4 cm³/mol. The first-order valence-corrected chi connectivity index (χ1v) is 8.78. The molecule has 3 rings (SSSR count). The highest BCUT2D eigenvalue weighted by Gasteiger charge is 2.35. The zero-order valence-corrected chi connectivity index (χ0v) is 13.9. The Bertz CT molecular complexity index is 342. The van der Waals surface area contributed by atoms with Crippen LogP contribution >= 0.6 is 12.4 Å². The summed E-state index contributed by atoms with van der Waals surface area (Å²) in [6.07, 6.45) is 13.4. The van der Waals surface area contributed by atoms with Crippen LogP contribution in [0.3, 0.4) is 0 Å². The van der Waals surface area contributed by atoms with Crippen LogP contribution in [0.25, 0.3) is 0 Å². The number of hydrogen-bond donors (Lipinski definition) is 2. The summed E-state index contributed by atoms with van der Waals surface area (Å²) < 4.78 is 0. The number of carbonyl (C=O) groups excluding carboxylic acids is 1. The van der Waals surface area contributed by atoms with Crippen molar-refractivity contribution in [2.24, 2.45) is 23.5 Å². The van der Waals surface area contributed by atoms with Gasteiger partial charge in [-0.3, -0.25) is 4.79 Å². The normalized spacial score (nSPS) is 39.8. The number of carbonyl (C=O) groups is 1. The van der Waals surface area contributed by atoms with E-state index in [2.05, 4.69) is 5.32 Å². The van der Waals surface area contributed by atoms with Crippen LogP contribution in [0.2, 0.25) is 0 Å². The summed E-state index contributed by atoms with van der Waals surface area (Å²) in [5.41, 5.74) is 5.93. The first-order valence-electron chi connectivity index (χ1n) is 8.78. The van der Waals surface area contributed by atoms with Crippen molar-refractivity contribution in [1.29, 1.82) is 0 Å². The Labute approximate surface area is 135 Å². The summed E-state index contributed by atoms with van der Waals surface area (Å²) >= 11 is 0. The first-order chi connectivity index (χ1) is 9.72. The molecule has 0 bridgehead atoms. The third-order valence-corrected chi connectivity index (χ3v) is 6.03. The van der Waals surface area contributed by atoms with E-state index in [9.17, 15) is 4.79 Å². The first kappa shape index (κ1) is 17.1. The second-order valence-electron chi connectivity index (χ2n) is 7.43. The van der Waals surface area contributed by atoms with Gasteiger partial charge in [0.25, 0.3) is 0 Å². The largest absolute Gasteiger partial charge is 0.353 e. The molecule has 0 aromatic rings. The van der Waals surface area contributed by atoms with Crippen molar-refractivity contribution in [2.75, 3.05) is 0 Å². The van der Waals surface area contributed by atoms with E-state index in [4.69, 9.17) is 5.73 Å². The minimum absolute atomic E-state index is 0. The minimum atomic E-state index is 0. The van der Waals surface area contributed by atoms with Crippen LogP contribution in [0.15, 0.2) is 0 Å². The fourth-order valence-electron chi connectivity index (χ4n) is 4.69. The lowest BCUT2D eigenvalue weighted by Crippen LogP contribution is -2.44. The molecule has 4 heteroatoms. The van der Waals surface area contributed by atoms with Gasteiger partial charge in [-0.25, -0.2) is 0 Å². The Morgan fingerprint density at radius 3 is 2.24 bits per heavy atom.